The summed E-state index contributed by atoms with van der Waals surface area (Å²) < 4.78 is 0. The van der Waals surface area contributed by atoms with E-state index in [1.54, 1.807) is 13.0 Å². The first kappa shape index (κ1) is 23.6. The molecule has 3 N–H and O–H groups in total. The topological polar surface area (TPSA) is 94.8 Å². The Bertz CT molecular complexity index is 525. The maximum atomic E-state index is 12.2. The van der Waals surface area contributed by atoms with Gasteiger partial charge < -0.3 is 15.3 Å². The lowest BCUT2D eigenvalue weighted by Gasteiger charge is -2.19. The molecule has 5 heteroatoms. The van der Waals surface area contributed by atoms with Crippen molar-refractivity contribution in [1.29, 1.82) is 0 Å². The van der Waals surface area contributed by atoms with E-state index in [1.165, 1.54) is 0 Å². The van der Waals surface area contributed by atoms with Crippen molar-refractivity contribution in [2.24, 2.45) is 23.7 Å². The molecule has 1 fully saturated rings. The Morgan fingerprint density at radius 3 is 2.59 bits per heavy atom. The zero-order chi connectivity index (χ0) is 20.4. The summed E-state index contributed by atoms with van der Waals surface area (Å²) >= 11 is 0. The smallest absolute Gasteiger partial charge is 0.306 e. The molecule has 2 unspecified atom stereocenters. The molecule has 1 saturated carbocycles. The van der Waals surface area contributed by atoms with Crippen LogP contribution in [-0.2, 0) is 9.59 Å². The third kappa shape index (κ3) is 7.97. The first-order valence-corrected chi connectivity index (χ1v) is 10.2. The molecular formula is C22H36O5. The van der Waals surface area contributed by atoms with Crippen LogP contribution < -0.4 is 0 Å². The van der Waals surface area contributed by atoms with Crippen LogP contribution in [0.4, 0.5) is 0 Å². The van der Waals surface area contributed by atoms with Crippen LogP contribution >= 0.6 is 0 Å². The molecule has 0 aliphatic heterocycles. The number of unbranched alkanes of at least 4 members (excludes halogenated alkanes) is 1. The van der Waals surface area contributed by atoms with Gasteiger partial charge in [0.2, 0.25) is 0 Å². The lowest BCUT2D eigenvalue weighted by Crippen LogP contribution is -2.20. The Kier molecular flexibility index (Phi) is 10.6. The summed E-state index contributed by atoms with van der Waals surface area (Å²) in [5.74, 6) is -1.51. The second-order valence-electron chi connectivity index (χ2n) is 7.94. The van der Waals surface area contributed by atoms with Crippen molar-refractivity contribution in [3.63, 3.8) is 0 Å². The van der Waals surface area contributed by atoms with Gasteiger partial charge >= 0.3 is 5.97 Å². The summed E-state index contributed by atoms with van der Waals surface area (Å²) in [6.07, 6.45) is 11.2. The van der Waals surface area contributed by atoms with Gasteiger partial charge in [-0.2, -0.15) is 0 Å². The first-order valence-electron chi connectivity index (χ1n) is 10.2. The average Bonchev–Trinajstić information content (AvgIpc) is 2.89. The Labute approximate surface area is 163 Å². The number of rotatable bonds is 12. The van der Waals surface area contributed by atoms with E-state index in [0.29, 0.717) is 19.3 Å². The van der Waals surface area contributed by atoms with Gasteiger partial charge in [-0.25, -0.2) is 0 Å². The number of hydrogen-bond donors (Lipinski definition) is 3. The molecule has 0 aromatic heterocycles. The third-order valence-electron chi connectivity index (χ3n) is 5.60. The highest BCUT2D eigenvalue weighted by Gasteiger charge is 2.39. The van der Waals surface area contributed by atoms with Crippen molar-refractivity contribution in [2.75, 3.05) is 0 Å². The number of allylic oxidation sites excluding steroid dienone is 2. The predicted octanol–water partition coefficient (Wildman–Crippen LogP) is 3.74. The number of aliphatic hydroxyl groups is 2. The minimum absolute atomic E-state index is 0.0502. The quantitative estimate of drug-likeness (QED) is 0.448. The molecule has 27 heavy (non-hydrogen) atoms. The molecule has 6 atom stereocenters. The van der Waals surface area contributed by atoms with Crippen LogP contribution in [0.3, 0.4) is 0 Å². The van der Waals surface area contributed by atoms with Crippen LogP contribution in [0.25, 0.3) is 0 Å². The van der Waals surface area contributed by atoms with Crippen molar-refractivity contribution in [2.45, 2.75) is 77.9 Å². The lowest BCUT2D eigenvalue weighted by molar-refractivity contribution is -0.141. The van der Waals surface area contributed by atoms with Crippen molar-refractivity contribution in [3.05, 3.63) is 24.3 Å². The Morgan fingerprint density at radius 2 is 1.96 bits per heavy atom. The highest BCUT2D eigenvalue weighted by atomic mass is 16.4. The number of carboxylic acid groups (broad SMARTS) is 1. The van der Waals surface area contributed by atoms with Gasteiger partial charge in [-0.05, 0) is 31.6 Å². The molecule has 0 heterocycles. The van der Waals surface area contributed by atoms with E-state index >= 15 is 0 Å². The van der Waals surface area contributed by atoms with Crippen LogP contribution in [0.15, 0.2) is 24.3 Å². The van der Waals surface area contributed by atoms with E-state index < -0.39 is 18.2 Å². The van der Waals surface area contributed by atoms with Gasteiger partial charge in [-0.1, -0.05) is 57.9 Å². The van der Waals surface area contributed by atoms with Gasteiger partial charge in [-0.15, -0.1) is 0 Å². The van der Waals surface area contributed by atoms with Crippen molar-refractivity contribution in [1.82, 2.24) is 0 Å². The van der Waals surface area contributed by atoms with Crippen LogP contribution in [0.2, 0.25) is 0 Å². The fourth-order valence-electron chi connectivity index (χ4n) is 3.49. The molecule has 1 rings (SSSR count). The molecule has 0 aromatic rings. The van der Waals surface area contributed by atoms with Gasteiger partial charge in [0.25, 0.3) is 0 Å². The third-order valence-corrected chi connectivity index (χ3v) is 5.60. The number of aliphatic carboxylic acids is 1. The van der Waals surface area contributed by atoms with Crippen molar-refractivity contribution < 1.29 is 24.9 Å². The van der Waals surface area contributed by atoms with Crippen LogP contribution in [0.5, 0.6) is 0 Å². The molecule has 1 aliphatic carbocycles. The maximum Gasteiger partial charge on any atom is 0.306 e. The Hall–Kier alpha value is -1.46. The predicted molar refractivity (Wildman–Crippen MR) is 106 cm³/mol. The minimum atomic E-state index is -0.797. The standard InChI is InChI=1S/C22H36O5/c1-4-5-9-15(2)19(23)13-12-18-17(20(24)14-21(18)25)11-8-6-7-10-16(3)22(26)27/h6,8,12-13,15-19,21,23,25H,4-5,7,9-11,14H2,1-3H3,(H,26,27)/b8-6-,13-12+/t15?,16?,17-,18-,19-,21-/m1/s1. The second kappa shape index (κ2) is 12.1. The molecule has 1 aliphatic rings. The van der Waals surface area contributed by atoms with E-state index in [9.17, 15) is 19.8 Å². The molecule has 0 amide bonds. The van der Waals surface area contributed by atoms with Gasteiger partial charge in [0.15, 0.2) is 0 Å². The normalized spacial score (nSPS) is 26.7. The molecular weight excluding hydrogens is 344 g/mol. The maximum absolute atomic E-state index is 12.2. The zero-order valence-electron chi connectivity index (χ0n) is 16.9. The summed E-state index contributed by atoms with van der Waals surface area (Å²) in [5.41, 5.74) is 0. The van der Waals surface area contributed by atoms with Crippen LogP contribution in [-0.4, -0.2) is 39.3 Å². The van der Waals surface area contributed by atoms with Crippen molar-refractivity contribution in [3.8, 4) is 0 Å². The first-order chi connectivity index (χ1) is 12.8. The van der Waals surface area contributed by atoms with E-state index in [-0.39, 0.29) is 35.9 Å². The zero-order valence-corrected chi connectivity index (χ0v) is 16.9. The summed E-state index contributed by atoms with van der Waals surface area (Å²) in [4.78, 5) is 23.0. The monoisotopic (exact) mass is 380 g/mol. The molecule has 0 radical (unpaired) electrons. The largest absolute Gasteiger partial charge is 0.481 e. The SMILES string of the molecule is CCCCC(C)[C@H](O)/C=C/[C@H]1[C@H](O)CC(=O)[C@@H]1C/C=C\CCC(C)C(=O)O. The van der Waals surface area contributed by atoms with E-state index in [4.69, 9.17) is 5.11 Å². The molecule has 0 bridgehead atoms. The number of aliphatic hydroxyl groups excluding tert-OH is 2. The van der Waals surface area contributed by atoms with Gasteiger partial charge in [0.1, 0.15) is 5.78 Å². The molecule has 154 valence electrons. The van der Waals surface area contributed by atoms with Crippen LogP contribution in [0, 0.1) is 23.7 Å². The summed E-state index contributed by atoms with van der Waals surface area (Å²) in [6.45, 7) is 5.82. The summed E-state index contributed by atoms with van der Waals surface area (Å²) in [5, 5.41) is 29.4. The fourth-order valence-corrected chi connectivity index (χ4v) is 3.49. The molecule has 0 spiro atoms. The second-order valence-corrected chi connectivity index (χ2v) is 7.94. The van der Waals surface area contributed by atoms with E-state index in [0.717, 1.165) is 19.3 Å². The fraction of sp³-hybridized carbons (Fsp3) is 0.727. The van der Waals surface area contributed by atoms with E-state index in [1.807, 2.05) is 25.2 Å². The molecule has 5 nitrogen and oxygen atoms in total. The average molecular weight is 381 g/mol. The number of carbonyl (C=O) groups excluding carboxylic acids is 1. The van der Waals surface area contributed by atoms with E-state index in [2.05, 4.69) is 6.92 Å². The highest BCUT2D eigenvalue weighted by Crippen LogP contribution is 2.33. The van der Waals surface area contributed by atoms with Gasteiger partial charge in [-0.3, -0.25) is 9.59 Å². The van der Waals surface area contributed by atoms with Crippen LogP contribution in [0.1, 0.15) is 65.7 Å². The number of Topliss-reactive ketones (excluding diaryl/α,β-unsaturated/α-hetero) is 1. The minimum Gasteiger partial charge on any atom is -0.481 e. The Morgan fingerprint density at radius 1 is 1.26 bits per heavy atom. The number of carboxylic acids is 1. The Balaban J connectivity index is 2.57. The van der Waals surface area contributed by atoms with Gasteiger partial charge in [0.05, 0.1) is 18.1 Å². The lowest BCUT2D eigenvalue weighted by atomic mass is 9.89. The number of ketones is 1. The van der Waals surface area contributed by atoms with Crippen molar-refractivity contribution >= 4 is 11.8 Å². The number of carbonyl (C=O) groups is 2. The summed E-state index contributed by atoms with van der Waals surface area (Å²) in [6, 6.07) is 0. The summed E-state index contributed by atoms with van der Waals surface area (Å²) in [7, 11) is 0. The van der Waals surface area contributed by atoms with Gasteiger partial charge in [0, 0.05) is 18.3 Å². The number of hydrogen-bond acceptors (Lipinski definition) is 4. The highest BCUT2D eigenvalue weighted by molar-refractivity contribution is 5.84. The molecule has 0 aromatic carbocycles. The molecule has 0 saturated heterocycles.